The molecule has 0 saturated carbocycles. The summed E-state index contributed by atoms with van der Waals surface area (Å²) in [4.78, 5) is 27.2. The molecule has 0 spiro atoms. The number of aliphatic hydroxyl groups excluding tert-OH is 2. The number of likely N-dealkylation sites (N-methyl/N-ethyl adjacent to an activating group) is 1. The molecule has 0 radical (unpaired) electrons. The number of nitrogens with one attached hydrogen (secondary N) is 1. The lowest BCUT2D eigenvalue weighted by Gasteiger charge is -2.32. The quantitative estimate of drug-likeness (QED) is 0.113. The van der Waals surface area contributed by atoms with E-state index in [9.17, 15) is 24.9 Å². The summed E-state index contributed by atoms with van der Waals surface area (Å²) >= 11 is 0. The first kappa shape index (κ1) is 36.9. The molecule has 0 aliphatic carbocycles. The van der Waals surface area contributed by atoms with E-state index in [-0.39, 0.29) is 55.3 Å². The highest BCUT2D eigenvalue weighted by Crippen LogP contribution is 2.36. The molecule has 0 bridgehead atoms. The number of allylic oxidation sites excluding steroid dienone is 3. The van der Waals surface area contributed by atoms with Gasteiger partial charge in [-0.25, -0.2) is 4.79 Å². The molecule has 10 unspecified atom stereocenters. The maximum atomic E-state index is 12.7. The van der Waals surface area contributed by atoms with Gasteiger partial charge in [-0.1, -0.05) is 52.0 Å². The number of hydrogen-bond acceptors (Lipinski definition) is 9. The van der Waals surface area contributed by atoms with Crippen LogP contribution in [0.3, 0.4) is 0 Å². The van der Waals surface area contributed by atoms with E-state index in [0.29, 0.717) is 19.5 Å². The predicted molar refractivity (Wildman–Crippen MR) is 166 cm³/mol. The van der Waals surface area contributed by atoms with Crippen LogP contribution in [-0.4, -0.2) is 102 Å². The van der Waals surface area contributed by atoms with Gasteiger partial charge in [0.1, 0.15) is 11.7 Å². The normalized spacial score (nSPS) is 33.6. The first-order valence-corrected chi connectivity index (χ1v) is 15.7. The SMILES string of the molecule is CCC(O)C(C)C1OC1CC(C)/C=C/C=C(\C)C1OC(=O)CC(O)CCC(C)(O)C(OC(=O)NCCN(C)C)/C=C/C1C. The van der Waals surface area contributed by atoms with Crippen LogP contribution in [0.15, 0.2) is 36.0 Å². The van der Waals surface area contributed by atoms with Crippen LogP contribution in [0.4, 0.5) is 4.79 Å². The van der Waals surface area contributed by atoms with Crippen molar-refractivity contribution in [3.63, 3.8) is 0 Å². The fraction of sp³-hybridized carbons (Fsp3) is 0.758. The lowest BCUT2D eigenvalue weighted by atomic mass is 9.88. The van der Waals surface area contributed by atoms with Crippen molar-refractivity contribution in [3.8, 4) is 0 Å². The van der Waals surface area contributed by atoms with Crippen molar-refractivity contribution in [1.82, 2.24) is 10.2 Å². The molecule has 1 saturated heterocycles. The van der Waals surface area contributed by atoms with Crippen molar-refractivity contribution in [1.29, 1.82) is 0 Å². The van der Waals surface area contributed by atoms with E-state index < -0.39 is 36.0 Å². The van der Waals surface area contributed by atoms with E-state index in [4.69, 9.17) is 14.2 Å². The van der Waals surface area contributed by atoms with Gasteiger partial charge in [-0.05, 0) is 71.2 Å². The van der Waals surface area contributed by atoms with Crippen LogP contribution in [0.5, 0.6) is 0 Å². The number of epoxide rings is 1. The predicted octanol–water partition coefficient (Wildman–Crippen LogP) is 3.75. The van der Waals surface area contributed by atoms with Gasteiger partial charge in [0.15, 0.2) is 6.10 Å². The first-order chi connectivity index (χ1) is 20.1. The minimum atomic E-state index is -1.46. The highest BCUT2D eigenvalue weighted by atomic mass is 16.6. The van der Waals surface area contributed by atoms with Crippen molar-refractivity contribution in [2.75, 3.05) is 27.2 Å². The van der Waals surface area contributed by atoms with E-state index in [1.54, 1.807) is 19.1 Å². The number of ether oxygens (including phenoxy) is 3. The summed E-state index contributed by atoms with van der Waals surface area (Å²) in [6.45, 7) is 12.5. The number of rotatable bonds is 12. The summed E-state index contributed by atoms with van der Waals surface area (Å²) < 4.78 is 17.3. The second-order valence-corrected chi connectivity index (χ2v) is 12.9. The molecular formula is C33H56N2O8. The van der Waals surface area contributed by atoms with Crippen molar-refractivity contribution >= 4 is 12.1 Å². The Bertz CT molecular complexity index is 978. The van der Waals surface area contributed by atoms with Gasteiger partial charge in [-0.2, -0.15) is 0 Å². The molecule has 2 rings (SSSR count). The molecule has 246 valence electrons. The number of carbonyl (C=O) groups is 2. The van der Waals surface area contributed by atoms with Gasteiger partial charge in [-0.15, -0.1) is 0 Å². The molecule has 10 nitrogen and oxygen atoms in total. The molecule has 1 amide bonds. The summed E-state index contributed by atoms with van der Waals surface area (Å²) in [5.41, 5.74) is -0.652. The van der Waals surface area contributed by atoms with Crippen molar-refractivity contribution in [2.24, 2.45) is 17.8 Å². The average Bonchev–Trinajstić information content (AvgIpc) is 3.69. The van der Waals surface area contributed by atoms with Gasteiger partial charge in [0.2, 0.25) is 0 Å². The second kappa shape index (κ2) is 17.3. The van der Waals surface area contributed by atoms with E-state index in [0.717, 1.165) is 12.0 Å². The van der Waals surface area contributed by atoms with Crippen LogP contribution in [0.2, 0.25) is 0 Å². The number of alkyl carbamates (subject to hydrolysis) is 1. The van der Waals surface area contributed by atoms with E-state index in [1.165, 1.54) is 0 Å². The Hall–Kier alpha value is -2.24. The fourth-order valence-corrected chi connectivity index (χ4v) is 5.33. The van der Waals surface area contributed by atoms with Gasteiger partial charge in [0.05, 0.1) is 30.8 Å². The third-order valence-corrected chi connectivity index (χ3v) is 8.40. The molecule has 2 aliphatic rings. The molecule has 0 aromatic carbocycles. The van der Waals surface area contributed by atoms with Crippen LogP contribution < -0.4 is 5.32 Å². The maximum Gasteiger partial charge on any atom is 0.407 e. The summed E-state index contributed by atoms with van der Waals surface area (Å²) in [5, 5.41) is 34.5. The van der Waals surface area contributed by atoms with Crippen LogP contribution in [0, 0.1) is 17.8 Å². The van der Waals surface area contributed by atoms with Gasteiger partial charge in [0.25, 0.3) is 0 Å². The summed E-state index contributed by atoms with van der Waals surface area (Å²) in [5.74, 6) is -0.464. The van der Waals surface area contributed by atoms with Crippen LogP contribution >= 0.6 is 0 Å². The Morgan fingerprint density at radius 2 is 2.00 bits per heavy atom. The molecule has 2 aliphatic heterocycles. The number of carbonyl (C=O) groups excluding carboxylic acids is 2. The van der Waals surface area contributed by atoms with Gasteiger partial charge in [-0.3, -0.25) is 4.79 Å². The van der Waals surface area contributed by atoms with Crippen molar-refractivity contribution in [3.05, 3.63) is 36.0 Å². The molecule has 4 N–H and O–H groups in total. The Kier molecular flexibility index (Phi) is 14.9. The van der Waals surface area contributed by atoms with E-state index >= 15 is 0 Å². The average molecular weight is 609 g/mol. The minimum absolute atomic E-state index is 0.0967. The number of aliphatic hydroxyl groups is 3. The zero-order valence-electron chi connectivity index (χ0n) is 27.4. The number of amides is 1. The number of hydrogen-bond donors (Lipinski definition) is 4. The molecule has 0 aromatic rings. The van der Waals surface area contributed by atoms with Crippen molar-refractivity contribution < 1.29 is 39.1 Å². The first-order valence-electron chi connectivity index (χ1n) is 15.7. The molecule has 2 heterocycles. The molecule has 0 aromatic heterocycles. The van der Waals surface area contributed by atoms with Gasteiger partial charge >= 0.3 is 12.1 Å². The number of cyclic esters (lactones) is 1. The fourth-order valence-electron chi connectivity index (χ4n) is 5.33. The van der Waals surface area contributed by atoms with E-state index in [1.807, 2.05) is 58.8 Å². The topological polar surface area (TPSA) is 141 Å². The van der Waals surface area contributed by atoms with Crippen LogP contribution in [0.25, 0.3) is 0 Å². The second-order valence-electron chi connectivity index (χ2n) is 12.9. The molecule has 10 atom stereocenters. The molecule has 10 heteroatoms. The van der Waals surface area contributed by atoms with Gasteiger partial charge in [0, 0.05) is 24.9 Å². The Labute approximate surface area is 258 Å². The zero-order chi connectivity index (χ0) is 32.3. The Balaban J connectivity index is 2.14. The third-order valence-electron chi connectivity index (χ3n) is 8.40. The third kappa shape index (κ3) is 12.7. The number of nitrogens with zero attached hydrogens (tertiary/aromatic N) is 1. The Morgan fingerprint density at radius 1 is 1.30 bits per heavy atom. The highest BCUT2D eigenvalue weighted by Gasteiger charge is 2.45. The molecule has 43 heavy (non-hydrogen) atoms. The lowest BCUT2D eigenvalue weighted by Crippen LogP contribution is -2.45. The minimum Gasteiger partial charge on any atom is -0.457 e. The van der Waals surface area contributed by atoms with E-state index in [2.05, 4.69) is 18.3 Å². The largest absolute Gasteiger partial charge is 0.457 e. The van der Waals surface area contributed by atoms with Gasteiger partial charge < -0.3 is 39.7 Å². The monoisotopic (exact) mass is 608 g/mol. The Morgan fingerprint density at radius 3 is 2.65 bits per heavy atom. The lowest BCUT2D eigenvalue weighted by molar-refractivity contribution is -0.151. The summed E-state index contributed by atoms with van der Waals surface area (Å²) in [6.07, 6.45) is 7.64. The highest BCUT2D eigenvalue weighted by molar-refractivity contribution is 5.70. The summed E-state index contributed by atoms with van der Waals surface area (Å²) in [7, 11) is 3.80. The van der Waals surface area contributed by atoms with Crippen molar-refractivity contribution in [2.45, 2.75) is 116 Å². The maximum absolute atomic E-state index is 12.7. The van der Waals surface area contributed by atoms with Crippen LogP contribution in [-0.2, 0) is 19.0 Å². The molecule has 1 fully saturated rings. The standard InChI is InChI=1S/C33H56N2O8/c1-9-26(37)24(5)31-27(41-31)19-21(2)11-10-12-22(3)30-23(4)13-14-28(42-32(39)34-17-18-35(7)8)33(6,40)16-15-25(36)20-29(38)43-30/h10-14,21,23-28,30-31,36-37,40H,9,15-20H2,1-8H3,(H,34,39)/b11-10+,14-13+,22-12+. The molecular weight excluding hydrogens is 552 g/mol. The number of esters is 1. The zero-order valence-corrected chi connectivity index (χ0v) is 27.4. The van der Waals surface area contributed by atoms with Crippen LogP contribution in [0.1, 0.15) is 73.6 Å². The smallest absolute Gasteiger partial charge is 0.407 e. The summed E-state index contributed by atoms with van der Waals surface area (Å²) in [6, 6.07) is 0.